The van der Waals surface area contributed by atoms with Crippen LogP contribution in [0.3, 0.4) is 0 Å². The van der Waals surface area contributed by atoms with E-state index in [-0.39, 0.29) is 0 Å². The Balaban J connectivity index is 2.25. The van der Waals surface area contributed by atoms with Crippen molar-refractivity contribution < 1.29 is 8.94 Å². The molecule has 2 heterocycles. The van der Waals surface area contributed by atoms with Crippen LogP contribution in [0.25, 0.3) is 21.9 Å². The van der Waals surface area contributed by atoms with Gasteiger partial charge in [-0.15, -0.1) is 0 Å². The maximum atomic E-state index is 12.0. The van der Waals surface area contributed by atoms with Crippen molar-refractivity contribution in [3.63, 3.8) is 0 Å². The van der Waals surface area contributed by atoms with Crippen LogP contribution in [0.4, 0.5) is 0 Å². The molecular formula is C13H8ClNO3. The van der Waals surface area contributed by atoms with Crippen molar-refractivity contribution in [2.75, 3.05) is 0 Å². The minimum Gasteiger partial charge on any atom is -0.422 e. The summed E-state index contributed by atoms with van der Waals surface area (Å²) in [6, 6.07) is 5.18. The topological polar surface area (TPSA) is 56.2 Å². The normalized spacial score (nSPS) is 15.6. The molecule has 0 bridgehead atoms. The van der Waals surface area contributed by atoms with E-state index in [1.165, 1.54) is 0 Å². The molecule has 0 amide bonds. The van der Waals surface area contributed by atoms with Gasteiger partial charge >= 0.3 is 5.63 Å². The highest BCUT2D eigenvalue weighted by Crippen LogP contribution is 2.43. The van der Waals surface area contributed by atoms with Crippen LogP contribution >= 0.6 is 11.6 Å². The molecule has 1 saturated carbocycles. The molecule has 0 unspecified atom stereocenters. The predicted octanol–water partition coefficient (Wildman–Crippen LogP) is 3.47. The number of rotatable bonds is 1. The molecule has 1 fully saturated rings. The van der Waals surface area contributed by atoms with Crippen LogP contribution in [0.15, 0.2) is 31.9 Å². The third-order valence-electron chi connectivity index (χ3n) is 3.29. The molecule has 3 aromatic rings. The van der Waals surface area contributed by atoms with Crippen molar-refractivity contribution in [3.05, 3.63) is 39.4 Å². The lowest BCUT2D eigenvalue weighted by Gasteiger charge is -1.98. The van der Waals surface area contributed by atoms with E-state index in [0.717, 1.165) is 12.8 Å². The number of fused-ring (bicyclic) bond motifs is 3. The van der Waals surface area contributed by atoms with E-state index < -0.39 is 5.63 Å². The Morgan fingerprint density at radius 3 is 2.89 bits per heavy atom. The summed E-state index contributed by atoms with van der Waals surface area (Å²) in [7, 11) is 0. The largest absolute Gasteiger partial charge is 0.422 e. The number of aromatic nitrogens is 1. The highest BCUT2D eigenvalue weighted by atomic mass is 35.5. The van der Waals surface area contributed by atoms with Gasteiger partial charge in [-0.2, -0.15) is 0 Å². The van der Waals surface area contributed by atoms with Gasteiger partial charge in [0.15, 0.2) is 5.76 Å². The molecule has 5 heteroatoms. The Kier molecular flexibility index (Phi) is 1.89. The summed E-state index contributed by atoms with van der Waals surface area (Å²) >= 11 is 6.15. The minimum atomic E-state index is -0.400. The molecule has 1 aromatic carbocycles. The molecular weight excluding hydrogens is 254 g/mol. The fourth-order valence-electron chi connectivity index (χ4n) is 2.27. The SMILES string of the molecule is O=c1oc2cccc(Cl)c2c2noc(C3CC3)c12. The first-order valence-electron chi connectivity index (χ1n) is 5.76. The fourth-order valence-corrected chi connectivity index (χ4v) is 2.52. The molecule has 1 aliphatic rings. The van der Waals surface area contributed by atoms with Crippen molar-refractivity contribution >= 4 is 33.5 Å². The summed E-state index contributed by atoms with van der Waals surface area (Å²) in [5.74, 6) is 0.943. The molecule has 0 N–H and O–H groups in total. The van der Waals surface area contributed by atoms with Crippen LogP contribution in [0.2, 0.25) is 5.02 Å². The Morgan fingerprint density at radius 2 is 2.11 bits per heavy atom. The van der Waals surface area contributed by atoms with Crippen molar-refractivity contribution in [3.8, 4) is 0 Å². The summed E-state index contributed by atoms with van der Waals surface area (Å²) in [5.41, 5.74) is 0.548. The zero-order chi connectivity index (χ0) is 12.3. The van der Waals surface area contributed by atoms with Gasteiger partial charge in [0, 0.05) is 5.92 Å². The lowest BCUT2D eigenvalue weighted by atomic mass is 10.1. The molecule has 4 rings (SSSR count). The smallest absolute Gasteiger partial charge is 0.349 e. The van der Waals surface area contributed by atoms with Crippen molar-refractivity contribution in [1.29, 1.82) is 0 Å². The zero-order valence-corrected chi connectivity index (χ0v) is 10.0. The van der Waals surface area contributed by atoms with Gasteiger partial charge in [-0.05, 0) is 25.0 Å². The van der Waals surface area contributed by atoms with Crippen molar-refractivity contribution in [1.82, 2.24) is 5.16 Å². The first kappa shape index (κ1) is 10.1. The molecule has 0 radical (unpaired) electrons. The first-order valence-corrected chi connectivity index (χ1v) is 6.14. The van der Waals surface area contributed by atoms with Crippen LogP contribution in [-0.4, -0.2) is 5.16 Å². The highest BCUT2D eigenvalue weighted by Gasteiger charge is 2.32. The molecule has 90 valence electrons. The van der Waals surface area contributed by atoms with E-state index >= 15 is 0 Å². The van der Waals surface area contributed by atoms with Gasteiger partial charge in [-0.3, -0.25) is 0 Å². The predicted molar refractivity (Wildman–Crippen MR) is 67.0 cm³/mol. The summed E-state index contributed by atoms with van der Waals surface area (Å²) in [6.45, 7) is 0. The lowest BCUT2D eigenvalue weighted by molar-refractivity contribution is 0.392. The third-order valence-corrected chi connectivity index (χ3v) is 3.60. The van der Waals surface area contributed by atoms with Crippen molar-refractivity contribution in [2.24, 2.45) is 0 Å². The third kappa shape index (κ3) is 1.26. The van der Waals surface area contributed by atoms with Crippen molar-refractivity contribution in [2.45, 2.75) is 18.8 Å². The number of benzene rings is 1. The number of hydrogen-bond donors (Lipinski definition) is 0. The van der Waals surface area contributed by atoms with Crippen LogP contribution < -0.4 is 5.63 Å². The second-order valence-electron chi connectivity index (χ2n) is 4.55. The van der Waals surface area contributed by atoms with Crippen LogP contribution in [0, 0.1) is 0 Å². The van der Waals surface area contributed by atoms with Gasteiger partial charge in [-0.1, -0.05) is 22.8 Å². The summed E-state index contributed by atoms with van der Waals surface area (Å²) in [6.07, 6.45) is 2.06. The fraction of sp³-hybridized carbons (Fsp3) is 0.231. The van der Waals surface area contributed by atoms with Gasteiger partial charge in [0.2, 0.25) is 0 Å². The van der Waals surface area contributed by atoms with Crippen LogP contribution in [-0.2, 0) is 0 Å². The highest BCUT2D eigenvalue weighted by molar-refractivity contribution is 6.37. The Labute approximate surface area is 106 Å². The maximum absolute atomic E-state index is 12.0. The molecule has 18 heavy (non-hydrogen) atoms. The zero-order valence-electron chi connectivity index (χ0n) is 9.27. The van der Waals surface area contributed by atoms with E-state index in [4.69, 9.17) is 20.5 Å². The number of nitrogens with zero attached hydrogens (tertiary/aromatic N) is 1. The Morgan fingerprint density at radius 1 is 1.28 bits per heavy atom. The Bertz CT molecular complexity index is 829. The summed E-state index contributed by atoms with van der Waals surface area (Å²) < 4.78 is 10.6. The average Bonchev–Trinajstić information content (AvgIpc) is 3.09. The number of halogens is 1. The van der Waals surface area contributed by atoms with Gasteiger partial charge in [0.1, 0.15) is 16.5 Å². The first-order chi connectivity index (χ1) is 8.75. The molecule has 0 atom stereocenters. The number of hydrogen-bond acceptors (Lipinski definition) is 4. The second-order valence-corrected chi connectivity index (χ2v) is 4.95. The van der Waals surface area contributed by atoms with Gasteiger partial charge in [-0.25, -0.2) is 4.79 Å². The van der Waals surface area contributed by atoms with E-state index in [0.29, 0.717) is 38.6 Å². The maximum Gasteiger partial charge on any atom is 0.349 e. The van der Waals surface area contributed by atoms with Gasteiger partial charge in [0.05, 0.1) is 10.4 Å². The second kappa shape index (κ2) is 3.36. The van der Waals surface area contributed by atoms with Crippen LogP contribution in [0.5, 0.6) is 0 Å². The van der Waals surface area contributed by atoms with E-state index in [1.807, 2.05) is 0 Å². The van der Waals surface area contributed by atoms with Crippen LogP contribution in [0.1, 0.15) is 24.5 Å². The molecule has 0 spiro atoms. The summed E-state index contributed by atoms with van der Waals surface area (Å²) in [5, 5.41) is 5.61. The van der Waals surface area contributed by atoms with Gasteiger partial charge < -0.3 is 8.94 Å². The Hall–Kier alpha value is -1.81. The van der Waals surface area contributed by atoms with E-state index in [1.54, 1.807) is 18.2 Å². The standard InChI is InChI=1S/C13H8ClNO3/c14-7-2-1-3-8-9(7)11-10(13(16)17-8)12(18-15-11)6-4-5-6/h1-3,6H,4-5H2. The molecule has 0 saturated heterocycles. The van der Waals surface area contributed by atoms with E-state index in [9.17, 15) is 4.79 Å². The molecule has 4 nitrogen and oxygen atoms in total. The minimum absolute atomic E-state index is 0.304. The monoisotopic (exact) mass is 261 g/mol. The summed E-state index contributed by atoms with van der Waals surface area (Å²) in [4.78, 5) is 12.0. The average molecular weight is 262 g/mol. The lowest BCUT2D eigenvalue weighted by Crippen LogP contribution is -2.00. The van der Waals surface area contributed by atoms with E-state index in [2.05, 4.69) is 5.16 Å². The molecule has 2 aromatic heterocycles. The molecule has 0 aliphatic heterocycles. The molecule has 1 aliphatic carbocycles. The van der Waals surface area contributed by atoms with Gasteiger partial charge in [0.25, 0.3) is 0 Å². The quantitative estimate of drug-likeness (QED) is 0.630.